The number of nitrogens with one attached hydrogen (secondary N) is 1. The van der Waals surface area contributed by atoms with Gasteiger partial charge in [0.1, 0.15) is 6.10 Å². The number of carboxylic acids is 1. The molecule has 9 heteroatoms. The zero-order valence-electron chi connectivity index (χ0n) is 21.7. The van der Waals surface area contributed by atoms with Gasteiger partial charge in [0.25, 0.3) is 0 Å². The van der Waals surface area contributed by atoms with Crippen molar-refractivity contribution in [1.29, 1.82) is 0 Å². The van der Waals surface area contributed by atoms with Gasteiger partial charge in [-0.25, -0.2) is 4.79 Å². The highest BCUT2D eigenvalue weighted by Crippen LogP contribution is 2.48. The van der Waals surface area contributed by atoms with Gasteiger partial charge in [-0.2, -0.15) is 5.10 Å². The molecule has 1 atom stereocenters. The minimum absolute atomic E-state index is 0.309. The lowest BCUT2D eigenvalue weighted by Gasteiger charge is -2.28. The van der Waals surface area contributed by atoms with Gasteiger partial charge in [0, 0.05) is 17.1 Å². The number of aliphatic carboxylic acids is 1. The van der Waals surface area contributed by atoms with E-state index < -0.39 is 23.6 Å². The van der Waals surface area contributed by atoms with Crippen molar-refractivity contribution in [2.24, 2.45) is 10.2 Å². The van der Waals surface area contributed by atoms with Crippen molar-refractivity contribution in [1.82, 2.24) is 10.2 Å². The van der Waals surface area contributed by atoms with E-state index in [-0.39, 0.29) is 0 Å². The molecule has 0 radical (unpaired) electrons. The first kappa shape index (κ1) is 26.4. The average Bonchev–Trinajstić information content (AvgIpc) is 3.74. The number of benzene rings is 3. The molecule has 0 saturated heterocycles. The van der Waals surface area contributed by atoms with E-state index in [1.165, 1.54) is 0 Å². The van der Waals surface area contributed by atoms with Gasteiger partial charge in [0.15, 0.2) is 0 Å². The predicted octanol–water partition coefficient (Wildman–Crippen LogP) is 6.16. The van der Waals surface area contributed by atoms with Crippen LogP contribution in [0, 0.1) is 0 Å². The van der Waals surface area contributed by atoms with Crippen molar-refractivity contribution in [3.63, 3.8) is 0 Å². The third-order valence-electron chi connectivity index (χ3n) is 7.13. The third kappa shape index (κ3) is 5.81. The number of rotatable bonds is 7. The van der Waals surface area contributed by atoms with Gasteiger partial charge in [0.2, 0.25) is 5.96 Å². The van der Waals surface area contributed by atoms with Crippen LogP contribution in [0.2, 0.25) is 5.02 Å². The first-order valence-corrected chi connectivity index (χ1v) is 13.1. The molecule has 2 aliphatic rings. The summed E-state index contributed by atoms with van der Waals surface area (Å²) in [5.74, 6) is -0.442. The number of carbonyl (C=O) groups excluding carboxylic acids is 1. The summed E-state index contributed by atoms with van der Waals surface area (Å²) >= 11 is 6.23. The largest absolute Gasteiger partial charge is 0.481 e. The summed E-state index contributed by atoms with van der Waals surface area (Å²) in [4.78, 5) is 26.2. The SMILES string of the molecule is CC1=NN=C(NC(=O)OC(C)c2ccccc2Cl)N(Cc2ccc(-c3ccc(C4(C(=O)O)CC4)cc3)cc2)C1. The van der Waals surface area contributed by atoms with Crippen molar-refractivity contribution in [3.05, 3.63) is 94.5 Å². The molecule has 5 rings (SSSR count). The molecule has 1 amide bonds. The Morgan fingerprint density at radius 1 is 1.03 bits per heavy atom. The molecule has 0 bridgehead atoms. The molecule has 1 saturated carbocycles. The Balaban J connectivity index is 1.23. The van der Waals surface area contributed by atoms with Gasteiger partial charge in [-0.1, -0.05) is 78.3 Å². The number of carbonyl (C=O) groups is 2. The average molecular weight is 545 g/mol. The molecule has 39 heavy (non-hydrogen) atoms. The summed E-state index contributed by atoms with van der Waals surface area (Å²) in [7, 11) is 0. The molecule has 0 spiro atoms. The Morgan fingerprint density at radius 3 is 2.28 bits per heavy atom. The van der Waals surface area contributed by atoms with Crippen LogP contribution >= 0.6 is 11.6 Å². The standard InChI is InChI=1S/C30H29ClN4O4/c1-19-17-35(28(34-33-19)32-29(38)39-20(2)25-5-3-4-6-26(25)31)18-21-7-9-22(10-8-21)23-11-13-24(14-12-23)30(15-16-30)27(36)37/h3-14,20H,15-18H2,1-2H3,(H,36,37)(H,32,34,38). The highest BCUT2D eigenvalue weighted by atomic mass is 35.5. The van der Waals surface area contributed by atoms with Crippen LogP contribution in [-0.2, 0) is 21.5 Å². The van der Waals surface area contributed by atoms with Crippen molar-refractivity contribution in [2.45, 2.75) is 44.8 Å². The lowest BCUT2D eigenvalue weighted by atomic mass is 9.93. The van der Waals surface area contributed by atoms with Crippen LogP contribution in [0.3, 0.4) is 0 Å². The predicted molar refractivity (Wildman–Crippen MR) is 151 cm³/mol. The van der Waals surface area contributed by atoms with E-state index in [0.29, 0.717) is 42.5 Å². The summed E-state index contributed by atoms with van der Waals surface area (Å²) in [6.45, 7) is 4.66. The molecule has 200 valence electrons. The number of amides is 1. The van der Waals surface area contributed by atoms with E-state index in [9.17, 15) is 14.7 Å². The van der Waals surface area contributed by atoms with Gasteiger partial charge in [0.05, 0.1) is 17.7 Å². The van der Waals surface area contributed by atoms with Crippen LogP contribution in [0.1, 0.15) is 49.5 Å². The number of hydrogen-bond donors (Lipinski definition) is 2. The second-order valence-corrected chi connectivity index (χ2v) is 10.4. The Labute approximate surface area is 232 Å². The smallest absolute Gasteiger partial charge is 0.414 e. The maximum atomic E-state index is 12.6. The van der Waals surface area contributed by atoms with Gasteiger partial charge in [-0.15, -0.1) is 5.10 Å². The molecular formula is C30H29ClN4O4. The van der Waals surface area contributed by atoms with Crippen molar-refractivity contribution in [2.75, 3.05) is 6.54 Å². The van der Waals surface area contributed by atoms with Crippen LogP contribution in [0.15, 0.2) is 83.0 Å². The zero-order chi connectivity index (χ0) is 27.6. The van der Waals surface area contributed by atoms with E-state index >= 15 is 0 Å². The number of halogens is 1. The minimum atomic E-state index is -0.752. The molecular weight excluding hydrogens is 516 g/mol. The van der Waals surface area contributed by atoms with Crippen molar-refractivity contribution >= 4 is 35.3 Å². The van der Waals surface area contributed by atoms with Crippen LogP contribution in [0.25, 0.3) is 11.1 Å². The maximum absolute atomic E-state index is 12.6. The van der Waals surface area contributed by atoms with Crippen LogP contribution < -0.4 is 5.32 Å². The number of carboxylic acid groups (broad SMARTS) is 1. The molecule has 3 aromatic rings. The molecule has 0 aromatic heterocycles. The van der Waals surface area contributed by atoms with E-state index in [1.807, 2.05) is 78.6 Å². The highest BCUT2D eigenvalue weighted by Gasteiger charge is 2.51. The van der Waals surface area contributed by atoms with E-state index in [1.54, 1.807) is 13.0 Å². The normalized spacial score (nSPS) is 16.5. The lowest BCUT2D eigenvalue weighted by Crippen LogP contribution is -2.47. The third-order valence-corrected chi connectivity index (χ3v) is 7.48. The van der Waals surface area contributed by atoms with Gasteiger partial charge in [-0.05, 0) is 55.0 Å². The molecule has 2 N–H and O–H groups in total. The number of guanidine groups is 1. The fourth-order valence-corrected chi connectivity index (χ4v) is 5.01. The second-order valence-electron chi connectivity index (χ2n) is 9.97. The molecule has 1 unspecified atom stereocenters. The summed E-state index contributed by atoms with van der Waals surface area (Å²) in [6, 6.07) is 23.1. The van der Waals surface area contributed by atoms with Crippen LogP contribution in [0.5, 0.6) is 0 Å². The lowest BCUT2D eigenvalue weighted by molar-refractivity contribution is -0.140. The van der Waals surface area contributed by atoms with Crippen molar-refractivity contribution < 1.29 is 19.4 Å². The van der Waals surface area contributed by atoms with E-state index in [4.69, 9.17) is 16.3 Å². The number of nitrogens with zero attached hydrogens (tertiary/aromatic N) is 3. The minimum Gasteiger partial charge on any atom is -0.481 e. The Bertz CT molecular complexity index is 1450. The Morgan fingerprint density at radius 2 is 1.67 bits per heavy atom. The first-order chi connectivity index (χ1) is 18.7. The molecule has 1 fully saturated rings. The number of ether oxygens (including phenoxy) is 1. The van der Waals surface area contributed by atoms with Gasteiger partial charge >= 0.3 is 12.1 Å². The summed E-state index contributed by atoms with van der Waals surface area (Å²) < 4.78 is 5.53. The topological polar surface area (TPSA) is 104 Å². The number of hydrogen-bond acceptors (Lipinski definition) is 6. The molecule has 3 aromatic carbocycles. The van der Waals surface area contributed by atoms with E-state index in [2.05, 4.69) is 15.5 Å². The molecule has 8 nitrogen and oxygen atoms in total. The van der Waals surface area contributed by atoms with Crippen molar-refractivity contribution in [3.8, 4) is 11.1 Å². The molecule has 1 aliphatic carbocycles. The Kier molecular flexibility index (Phi) is 7.39. The highest BCUT2D eigenvalue weighted by molar-refractivity contribution is 6.31. The fraction of sp³-hybridized carbons (Fsp3) is 0.267. The summed E-state index contributed by atoms with van der Waals surface area (Å²) in [6.07, 6.45) is 0.197. The number of alkyl carbamates (subject to hydrolysis) is 1. The fourth-order valence-electron chi connectivity index (χ4n) is 4.72. The van der Waals surface area contributed by atoms with Gasteiger partial charge in [-0.3, -0.25) is 10.1 Å². The van der Waals surface area contributed by atoms with Gasteiger partial charge < -0.3 is 14.7 Å². The zero-order valence-corrected chi connectivity index (χ0v) is 22.5. The van der Waals surface area contributed by atoms with Crippen LogP contribution in [0.4, 0.5) is 4.79 Å². The Hall–Kier alpha value is -4.17. The summed E-state index contributed by atoms with van der Waals surface area (Å²) in [5, 5.41) is 21.1. The first-order valence-electron chi connectivity index (χ1n) is 12.8. The second kappa shape index (κ2) is 10.9. The molecule has 1 heterocycles. The molecule has 1 aliphatic heterocycles. The summed E-state index contributed by atoms with van der Waals surface area (Å²) in [5.41, 5.74) is 4.78. The van der Waals surface area contributed by atoms with E-state index in [0.717, 1.165) is 28.0 Å². The quantitative estimate of drug-likeness (QED) is 0.371. The van der Waals surface area contributed by atoms with Crippen LogP contribution in [-0.4, -0.2) is 40.3 Å². The maximum Gasteiger partial charge on any atom is 0.414 e. The monoisotopic (exact) mass is 544 g/mol.